The van der Waals surface area contributed by atoms with Crippen molar-refractivity contribution in [3.63, 3.8) is 0 Å². The van der Waals surface area contributed by atoms with Crippen LogP contribution in [0.4, 0.5) is 4.79 Å². The van der Waals surface area contributed by atoms with Crippen LogP contribution in [0.3, 0.4) is 0 Å². The van der Waals surface area contributed by atoms with E-state index in [0.717, 1.165) is 32.2 Å². The molecule has 0 bridgehead atoms. The fourth-order valence-corrected chi connectivity index (χ4v) is 4.58. The van der Waals surface area contributed by atoms with Gasteiger partial charge < -0.3 is 20.3 Å². The lowest BCUT2D eigenvalue weighted by Crippen LogP contribution is -2.64. The van der Waals surface area contributed by atoms with Gasteiger partial charge in [0.15, 0.2) is 0 Å². The van der Waals surface area contributed by atoms with E-state index in [1.807, 2.05) is 4.90 Å². The van der Waals surface area contributed by atoms with Crippen LogP contribution in [0.1, 0.15) is 59.8 Å². The summed E-state index contributed by atoms with van der Waals surface area (Å²) in [5, 5.41) is 6.94. The fraction of sp³-hybridized carbons (Fsp3) is 0.941. The topological polar surface area (TPSA) is 53.6 Å². The molecule has 0 aromatic heterocycles. The molecule has 22 heavy (non-hydrogen) atoms. The van der Waals surface area contributed by atoms with Gasteiger partial charge in [-0.1, -0.05) is 0 Å². The van der Waals surface area contributed by atoms with Gasteiger partial charge in [-0.25, -0.2) is 4.79 Å². The molecule has 2 N–H and O–H groups in total. The van der Waals surface area contributed by atoms with Crippen molar-refractivity contribution in [2.45, 2.75) is 82.5 Å². The van der Waals surface area contributed by atoms with E-state index >= 15 is 0 Å². The summed E-state index contributed by atoms with van der Waals surface area (Å²) < 4.78 is 5.91. The Bertz CT molecular complexity index is 427. The molecule has 0 aromatic rings. The Morgan fingerprint density at radius 3 is 2.36 bits per heavy atom. The Kier molecular flexibility index (Phi) is 3.92. The first-order valence-electron chi connectivity index (χ1n) is 8.68. The first kappa shape index (κ1) is 16.1. The third kappa shape index (κ3) is 3.40. The van der Waals surface area contributed by atoms with E-state index in [0.29, 0.717) is 13.2 Å². The summed E-state index contributed by atoms with van der Waals surface area (Å²) in [5.41, 5.74) is 0.0854. The largest absolute Gasteiger partial charge is 0.371 e. The van der Waals surface area contributed by atoms with Gasteiger partial charge in [-0.2, -0.15) is 0 Å². The fourth-order valence-electron chi connectivity index (χ4n) is 4.58. The number of ether oxygens (including phenoxy) is 1. The van der Waals surface area contributed by atoms with Gasteiger partial charge in [0, 0.05) is 23.7 Å². The minimum atomic E-state index is -0.0255. The number of carbonyl (C=O) groups excluding carboxylic acids is 1. The first-order chi connectivity index (χ1) is 10.2. The second-order valence-corrected chi connectivity index (χ2v) is 8.75. The molecule has 1 saturated carbocycles. The summed E-state index contributed by atoms with van der Waals surface area (Å²) in [6.07, 6.45) is 5.37. The summed E-state index contributed by atoms with van der Waals surface area (Å²) in [6.45, 7) is 11.0. The SMILES string of the molecule is CC1(C)CC(NC(=O)N2CCOC3(CCC3)C2)CC(C)(C)N1. The molecule has 1 aliphatic carbocycles. The number of rotatable bonds is 1. The van der Waals surface area contributed by atoms with Gasteiger partial charge in [-0.3, -0.25) is 0 Å². The molecule has 3 rings (SSSR count). The number of nitrogens with zero attached hydrogens (tertiary/aromatic N) is 1. The minimum absolute atomic E-state index is 0.0255. The number of nitrogens with one attached hydrogen (secondary N) is 2. The average molecular weight is 309 g/mol. The van der Waals surface area contributed by atoms with Crippen molar-refractivity contribution in [1.82, 2.24) is 15.5 Å². The van der Waals surface area contributed by atoms with Gasteiger partial charge in [-0.05, 0) is 59.8 Å². The Labute approximate surface area is 134 Å². The van der Waals surface area contributed by atoms with Gasteiger partial charge in [0.25, 0.3) is 0 Å². The van der Waals surface area contributed by atoms with Crippen LogP contribution < -0.4 is 10.6 Å². The Morgan fingerprint density at radius 2 is 1.82 bits per heavy atom. The normalized spacial score (nSPS) is 29.9. The highest BCUT2D eigenvalue weighted by atomic mass is 16.5. The van der Waals surface area contributed by atoms with Crippen LogP contribution >= 0.6 is 0 Å². The molecule has 5 nitrogen and oxygen atoms in total. The maximum absolute atomic E-state index is 12.7. The number of urea groups is 1. The van der Waals surface area contributed by atoms with Crippen LogP contribution in [0.25, 0.3) is 0 Å². The summed E-state index contributed by atoms with van der Waals surface area (Å²) in [5.74, 6) is 0. The van der Waals surface area contributed by atoms with E-state index in [1.165, 1.54) is 6.42 Å². The molecule has 2 saturated heterocycles. The van der Waals surface area contributed by atoms with E-state index in [-0.39, 0.29) is 28.8 Å². The number of hydrogen-bond acceptors (Lipinski definition) is 3. The zero-order valence-electron chi connectivity index (χ0n) is 14.5. The number of amides is 2. The van der Waals surface area contributed by atoms with E-state index in [4.69, 9.17) is 4.74 Å². The van der Waals surface area contributed by atoms with Crippen LogP contribution in [0, 0.1) is 0 Å². The van der Waals surface area contributed by atoms with E-state index in [9.17, 15) is 4.79 Å². The minimum Gasteiger partial charge on any atom is -0.371 e. The third-order valence-corrected chi connectivity index (χ3v) is 5.32. The molecular weight excluding hydrogens is 278 g/mol. The lowest BCUT2D eigenvalue weighted by Gasteiger charge is -2.49. The molecule has 2 heterocycles. The van der Waals surface area contributed by atoms with Gasteiger partial charge in [0.05, 0.1) is 18.8 Å². The highest BCUT2D eigenvalue weighted by Gasteiger charge is 2.44. The van der Waals surface area contributed by atoms with Crippen LogP contribution in [0.2, 0.25) is 0 Å². The Hall–Kier alpha value is -0.810. The Balaban J connectivity index is 1.59. The maximum Gasteiger partial charge on any atom is 0.317 e. The van der Waals surface area contributed by atoms with Crippen LogP contribution in [0.15, 0.2) is 0 Å². The van der Waals surface area contributed by atoms with E-state index in [1.54, 1.807) is 0 Å². The van der Waals surface area contributed by atoms with Gasteiger partial charge in [-0.15, -0.1) is 0 Å². The standard InChI is InChI=1S/C17H31N3O2/c1-15(2)10-13(11-16(3,4)19-15)18-14(21)20-8-9-22-17(12-20)6-5-7-17/h13,19H,5-12H2,1-4H3,(H,18,21). The Morgan fingerprint density at radius 1 is 1.18 bits per heavy atom. The van der Waals surface area contributed by atoms with Crippen LogP contribution in [0.5, 0.6) is 0 Å². The monoisotopic (exact) mass is 309 g/mol. The summed E-state index contributed by atoms with van der Waals surface area (Å²) in [7, 11) is 0. The first-order valence-corrected chi connectivity index (χ1v) is 8.68. The summed E-state index contributed by atoms with van der Waals surface area (Å²) in [6, 6.07) is 0.326. The zero-order valence-corrected chi connectivity index (χ0v) is 14.5. The highest BCUT2D eigenvalue weighted by molar-refractivity contribution is 5.74. The van der Waals surface area contributed by atoms with Crippen molar-refractivity contribution < 1.29 is 9.53 Å². The van der Waals surface area contributed by atoms with Crippen molar-refractivity contribution in [3.05, 3.63) is 0 Å². The van der Waals surface area contributed by atoms with Crippen molar-refractivity contribution >= 4 is 6.03 Å². The third-order valence-electron chi connectivity index (χ3n) is 5.32. The summed E-state index contributed by atoms with van der Waals surface area (Å²) >= 11 is 0. The predicted molar refractivity (Wildman–Crippen MR) is 87.0 cm³/mol. The molecule has 1 spiro atoms. The molecular formula is C17H31N3O2. The lowest BCUT2D eigenvalue weighted by atomic mass is 9.78. The highest BCUT2D eigenvalue weighted by Crippen LogP contribution is 2.38. The van der Waals surface area contributed by atoms with E-state index in [2.05, 4.69) is 38.3 Å². The smallest absolute Gasteiger partial charge is 0.317 e. The van der Waals surface area contributed by atoms with Gasteiger partial charge in [0.2, 0.25) is 0 Å². The molecule has 126 valence electrons. The van der Waals surface area contributed by atoms with Gasteiger partial charge >= 0.3 is 6.03 Å². The van der Waals surface area contributed by atoms with Gasteiger partial charge in [0.1, 0.15) is 0 Å². The summed E-state index contributed by atoms with van der Waals surface area (Å²) in [4.78, 5) is 14.6. The van der Waals surface area contributed by atoms with E-state index < -0.39 is 0 Å². The molecule has 3 aliphatic rings. The molecule has 0 atom stereocenters. The molecule has 2 aliphatic heterocycles. The van der Waals surface area contributed by atoms with Crippen molar-refractivity contribution in [2.75, 3.05) is 19.7 Å². The molecule has 3 fully saturated rings. The predicted octanol–water partition coefficient (Wildman–Crippen LogP) is 2.26. The van der Waals surface area contributed by atoms with Crippen molar-refractivity contribution in [2.24, 2.45) is 0 Å². The van der Waals surface area contributed by atoms with Crippen LogP contribution in [-0.4, -0.2) is 53.3 Å². The molecule has 5 heteroatoms. The second kappa shape index (κ2) is 5.38. The number of piperidine rings is 1. The number of hydrogen-bond donors (Lipinski definition) is 2. The van der Waals surface area contributed by atoms with Crippen molar-refractivity contribution in [1.29, 1.82) is 0 Å². The molecule has 0 unspecified atom stereocenters. The number of morpholine rings is 1. The molecule has 2 amide bonds. The lowest BCUT2D eigenvalue weighted by molar-refractivity contribution is -0.141. The molecule has 0 radical (unpaired) electrons. The maximum atomic E-state index is 12.7. The zero-order chi connectivity index (χ0) is 16.0. The second-order valence-electron chi connectivity index (χ2n) is 8.75. The number of carbonyl (C=O) groups is 1. The molecule has 0 aromatic carbocycles. The quantitative estimate of drug-likeness (QED) is 0.781. The average Bonchev–Trinajstić information content (AvgIpc) is 2.33. The van der Waals surface area contributed by atoms with Crippen LogP contribution in [-0.2, 0) is 4.74 Å². The van der Waals surface area contributed by atoms with Crippen molar-refractivity contribution in [3.8, 4) is 0 Å².